The summed E-state index contributed by atoms with van der Waals surface area (Å²) in [4.78, 5) is 1.87. The summed E-state index contributed by atoms with van der Waals surface area (Å²) in [5, 5.41) is 9.58. The third kappa shape index (κ3) is 3.66. The SMILES string of the molecule is OCCC12COC(c3cccc(C(F)F)c3)N1[C@H](c1cccc(C(F)F)c1)OC2. The van der Waals surface area contributed by atoms with Crippen molar-refractivity contribution >= 4 is 0 Å². The molecule has 2 aliphatic heterocycles. The number of nitrogens with zero attached hydrogens (tertiary/aromatic N) is 1. The molecular formula is C21H21F4NO3. The van der Waals surface area contributed by atoms with Crippen LogP contribution in [0.5, 0.6) is 0 Å². The monoisotopic (exact) mass is 411 g/mol. The van der Waals surface area contributed by atoms with E-state index in [9.17, 15) is 22.7 Å². The lowest BCUT2D eigenvalue weighted by Crippen LogP contribution is -2.45. The second-order valence-electron chi connectivity index (χ2n) is 7.37. The molecule has 1 N–H and O–H groups in total. The Morgan fingerprint density at radius 2 is 1.38 bits per heavy atom. The van der Waals surface area contributed by atoms with Crippen LogP contribution in [0.15, 0.2) is 48.5 Å². The maximum Gasteiger partial charge on any atom is 0.263 e. The zero-order valence-electron chi connectivity index (χ0n) is 15.5. The van der Waals surface area contributed by atoms with Gasteiger partial charge >= 0.3 is 0 Å². The second kappa shape index (κ2) is 8.02. The van der Waals surface area contributed by atoms with Crippen LogP contribution in [0.25, 0.3) is 0 Å². The zero-order valence-corrected chi connectivity index (χ0v) is 15.5. The molecule has 2 fully saturated rings. The summed E-state index contributed by atoms with van der Waals surface area (Å²) < 4.78 is 64.6. The molecule has 0 saturated carbocycles. The van der Waals surface area contributed by atoms with Crippen LogP contribution in [0.1, 0.15) is 54.0 Å². The van der Waals surface area contributed by atoms with Crippen LogP contribution in [0.3, 0.4) is 0 Å². The van der Waals surface area contributed by atoms with Crippen molar-refractivity contribution in [1.82, 2.24) is 4.90 Å². The van der Waals surface area contributed by atoms with E-state index in [2.05, 4.69) is 0 Å². The molecule has 0 amide bonds. The number of rotatable bonds is 6. The van der Waals surface area contributed by atoms with E-state index in [-0.39, 0.29) is 30.9 Å². The van der Waals surface area contributed by atoms with Crippen LogP contribution in [0.2, 0.25) is 0 Å². The summed E-state index contributed by atoms with van der Waals surface area (Å²) in [6.07, 6.45) is -6.27. The summed E-state index contributed by atoms with van der Waals surface area (Å²) in [6.45, 7) is 0.362. The van der Waals surface area contributed by atoms with Gasteiger partial charge in [-0.25, -0.2) is 22.5 Å². The molecule has 4 nitrogen and oxygen atoms in total. The van der Waals surface area contributed by atoms with Crippen LogP contribution in [0.4, 0.5) is 17.6 Å². The van der Waals surface area contributed by atoms with Gasteiger partial charge in [0.2, 0.25) is 0 Å². The molecular weight excluding hydrogens is 390 g/mol. The molecule has 2 aromatic carbocycles. The van der Waals surface area contributed by atoms with Crippen molar-refractivity contribution in [1.29, 1.82) is 0 Å². The van der Waals surface area contributed by atoms with E-state index in [1.165, 1.54) is 36.4 Å². The minimum Gasteiger partial charge on any atom is -0.396 e. The second-order valence-corrected chi connectivity index (χ2v) is 7.37. The lowest BCUT2D eigenvalue weighted by Gasteiger charge is -2.34. The van der Waals surface area contributed by atoms with Crippen molar-refractivity contribution in [3.63, 3.8) is 0 Å². The number of benzene rings is 2. The van der Waals surface area contributed by atoms with Crippen molar-refractivity contribution in [3.05, 3.63) is 70.8 Å². The number of hydrogen-bond donors (Lipinski definition) is 1. The molecule has 0 radical (unpaired) electrons. The van der Waals surface area contributed by atoms with Gasteiger partial charge in [0.15, 0.2) is 0 Å². The van der Waals surface area contributed by atoms with E-state index >= 15 is 0 Å². The molecule has 2 aromatic rings. The Bertz CT molecular complexity index is 800. The van der Waals surface area contributed by atoms with Crippen molar-refractivity contribution < 1.29 is 32.1 Å². The summed E-state index contributed by atoms with van der Waals surface area (Å²) in [5.74, 6) is 0. The minimum absolute atomic E-state index is 0.114. The largest absolute Gasteiger partial charge is 0.396 e. The van der Waals surface area contributed by atoms with Crippen molar-refractivity contribution in [2.75, 3.05) is 19.8 Å². The van der Waals surface area contributed by atoms with Crippen LogP contribution in [-0.2, 0) is 9.47 Å². The van der Waals surface area contributed by atoms with Crippen LogP contribution in [0, 0.1) is 0 Å². The van der Waals surface area contributed by atoms with E-state index in [0.717, 1.165) is 0 Å². The van der Waals surface area contributed by atoms with Crippen LogP contribution >= 0.6 is 0 Å². The molecule has 0 bridgehead atoms. The third-order valence-electron chi connectivity index (χ3n) is 5.55. The fraction of sp³-hybridized carbons (Fsp3) is 0.429. The number of aliphatic hydroxyl groups is 1. The van der Waals surface area contributed by atoms with Gasteiger partial charge in [0.05, 0.1) is 18.8 Å². The first-order chi connectivity index (χ1) is 13.9. The number of hydrogen-bond acceptors (Lipinski definition) is 4. The first kappa shape index (κ1) is 20.3. The Balaban J connectivity index is 1.73. The maximum absolute atomic E-state index is 13.2. The number of fused-ring (bicyclic) bond motifs is 1. The van der Waals surface area contributed by atoms with E-state index in [1.807, 2.05) is 4.90 Å². The first-order valence-corrected chi connectivity index (χ1v) is 9.34. The molecule has 8 heteroatoms. The molecule has 29 heavy (non-hydrogen) atoms. The van der Waals surface area contributed by atoms with Gasteiger partial charge in [-0.1, -0.05) is 36.4 Å². The van der Waals surface area contributed by atoms with E-state index in [1.54, 1.807) is 12.1 Å². The summed E-state index contributed by atoms with van der Waals surface area (Å²) in [5.41, 5.74) is 0.154. The summed E-state index contributed by atoms with van der Waals surface area (Å²) >= 11 is 0. The molecule has 2 unspecified atom stereocenters. The fourth-order valence-electron chi connectivity index (χ4n) is 4.13. The standard InChI is InChI=1S/C21H21F4NO3/c22-17(23)13-3-1-5-15(9-13)19-26-20(16-6-2-4-14(10-16)18(24)25)29-12-21(26,7-8-27)11-28-19/h1-6,9-10,17-20,27H,7-8,11-12H2/t19-,20?,21?/m0/s1. The number of alkyl halides is 4. The zero-order chi connectivity index (χ0) is 20.6. The molecule has 4 rings (SSSR count). The maximum atomic E-state index is 13.2. The Morgan fingerprint density at radius 1 is 0.897 bits per heavy atom. The van der Waals surface area contributed by atoms with Crippen molar-refractivity contribution in [2.24, 2.45) is 0 Å². The van der Waals surface area contributed by atoms with Gasteiger partial charge < -0.3 is 14.6 Å². The predicted octanol–water partition coefficient (Wildman–Crippen LogP) is 4.74. The third-order valence-corrected chi connectivity index (χ3v) is 5.55. The first-order valence-electron chi connectivity index (χ1n) is 9.34. The van der Waals surface area contributed by atoms with Crippen LogP contribution in [-0.4, -0.2) is 35.4 Å². The topological polar surface area (TPSA) is 41.9 Å². The molecule has 2 saturated heterocycles. The Labute approximate surface area is 165 Å². The normalized spacial score (nSPS) is 27.1. The lowest BCUT2D eigenvalue weighted by atomic mass is 9.95. The Morgan fingerprint density at radius 3 is 1.79 bits per heavy atom. The highest BCUT2D eigenvalue weighted by atomic mass is 19.3. The summed E-state index contributed by atoms with van der Waals surface area (Å²) in [6, 6.07) is 11.9. The average Bonchev–Trinajstić information content (AvgIpc) is 3.25. The molecule has 2 aliphatic rings. The molecule has 0 aromatic heterocycles. The van der Waals surface area contributed by atoms with Crippen molar-refractivity contribution in [3.8, 4) is 0 Å². The van der Waals surface area contributed by atoms with Gasteiger partial charge in [-0.2, -0.15) is 0 Å². The summed E-state index contributed by atoms with van der Waals surface area (Å²) in [7, 11) is 0. The van der Waals surface area contributed by atoms with E-state index < -0.39 is 30.8 Å². The number of ether oxygens (including phenoxy) is 2. The smallest absolute Gasteiger partial charge is 0.263 e. The van der Waals surface area contributed by atoms with Gasteiger partial charge in [-0.3, -0.25) is 0 Å². The van der Waals surface area contributed by atoms with Gasteiger partial charge in [-0.05, 0) is 29.7 Å². The van der Waals surface area contributed by atoms with Gasteiger partial charge in [0, 0.05) is 17.7 Å². The van der Waals surface area contributed by atoms with Crippen LogP contribution < -0.4 is 0 Å². The minimum atomic E-state index is -2.62. The molecule has 156 valence electrons. The quantitative estimate of drug-likeness (QED) is 0.697. The number of halogens is 4. The fourth-order valence-corrected chi connectivity index (χ4v) is 4.13. The van der Waals surface area contributed by atoms with Gasteiger partial charge in [-0.15, -0.1) is 0 Å². The van der Waals surface area contributed by atoms with Gasteiger partial charge in [0.25, 0.3) is 12.9 Å². The Hall–Kier alpha value is -2.00. The molecule has 0 aliphatic carbocycles. The van der Waals surface area contributed by atoms with E-state index in [0.29, 0.717) is 17.5 Å². The molecule has 3 atom stereocenters. The predicted molar refractivity (Wildman–Crippen MR) is 96.5 cm³/mol. The van der Waals surface area contributed by atoms with E-state index in [4.69, 9.17) is 9.47 Å². The van der Waals surface area contributed by atoms with Crippen molar-refractivity contribution in [2.45, 2.75) is 37.3 Å². The van der Waals surface area contributed by atoms with Gasteiger partial charge in [0.1, 0.15) is 12.5 Å². The number of aliphatic hydroxyl groups excluding tert-OH is 1. The Kier molecular flexibility index (Phi) is 5.61. The highest BCUT2D eigenvalue weighted by Gasteiger charge is 2.56. The highest BCUT2D eigenvalue weighted by Crippen LogP contribution is 2.50. The molecule has 0 spiro atoms. The highest BCUT2D eigenvalue weighted by molar-refractivity contribution is 5.31. The molecule has 2 heterocycles. The lowest BCUT2D eigenvalue weighted by molar-refractivity contribution is -0.0625. The average molecular weight is 411 g/mol.